The summed E-state index contributed by atoms with van der Waals surface area (Å²) in [6, 6.07) is -0.156. The Hall–Kier alpha value is -2.04. The van der Waals surface area contributed by atoms with E-state index in [1.165, 1.54) is 5.57 Å². The normalized spacial score (nSPS) is 41.9. The van der Waals surface area contributed by atoms with E-state index in [2.05, 4.69) is 96.0 Å². The molecule has 3 saturated carbocycles. The van der Waals surface area contributed by atoms with E-state index in [0.717, 1.165) is 64.3 Å². The largest absolute Gasteiger partial charge is 0.481 e. The molecule has 1 saturated heterocycles. The van der Waals surface area contributed by atoms with Gasteiger partial charge in [0.15, 0.2) is 0 Å². The Kier molecular flexibility index (Phi) is 9.89. The molecule has 0 spiro atoms. The zero-order valence-corrected chi connectivity index (χ0v) is 32.8. The van der Waals surface area contributed by atoms with Gasteiger partial charge in [-0.1, -0.05) is 86.0 Å². The smallest absolute Gasteiger partial charge is 0.307 e. The van der Waals surface area contributed by atoms with Crippen LogP contribution < -0.4 is 11.1 Å². The van der Waals surface area contributed by atoms with E-state index < -0.39 is 11.9 Å². The summed E-state index contributed by atoms with van der Waals surface area (Å²) in [6.45, 7) is 25.8. The zero-order valence-electron chi connectivity index (χ0n) is 32.8. The monoisotopic (exact) mass is 697 g/mol. The van der Waals surface area contributed by atoms with Crippen LogP contribution in [0.25, 0.3) is 0 Å². The van der Waals surface area contributed by atoms with Crippen LogP contribution in [0.15, 0.2) is 11.6 Å². The summed E-state index contributed by atoms with van der Waals surface area (Å²) in [5.41, 5.74) is 6.25. The number of carbonyl (C=O) groups is 1. The fourth-order valence-corrected chi connectivity index (χ4v) is 12.9. The standard InChI is InChI=1S/C40H68N6O4/c1-11-20-42-39(12-2,13-3)23-50-32-29(46-44-34(41)43-45-46)21-40-24-49-22-36(32,8)30(40)15-14-27-28(40)16-17-38(10)31(33(47)48)35(7,26(6)25(4)5)18-19-37(27,38)9/h16,25-27,29-32,42H,11-15,17-24H2,1-10H3,(H2,41,44)(H,47,48)/t26-,27+,29-,30+,31-,32+,35-,36-,37-,38+,40+/m1/s1. The maximum atomic E-state index is 13.5. The number of aromatic nitrogens is 4. The van der Waals surface area contributed by atoms with Crippen molar-refractivity contribution in [2.24, 2.45) is 56.7 Å². The van der Waals surface area contributed by atoms with Crippen molar-refractivity contribution in [2.45, 2.75) is 145 Å². The number of anilines is 1. The van der Waals surface area contributed by atoms with Crippen LogP contribution in [-0.2, 0) is 14.3 Å². The first-order valence-electron chi connectivity index (χ1n) is 19.9. The van der Waals surface area contributed by atoms with Crippen LogP contribution in [0.4, 0.5) is 5.95 Å². The second-order valence-electron chi connectivity index (χ2n) is 18.7. The number of carboxylic acid groups (broad SMARTS) is 1. The van der Waals surface area contributed by atoms with Crippen molar-refractivity contribution in [3.63, 3.8) is 0 Å². The number of rotatable bonds is 12. The van der Waals surface area contributed by atoms with Gasteiger partial charge in [0.25, 0.3) is 5.95 Å². The van der Waals surface area contributed by atoms with Crippen molar-refractivity contribution in [1.29, 1.82) is 0 Å². The van der Waals surface area contributed by atoms with Gasteiger partial charge in [-0.15, -0.1) is 5.10 Å². The first-order chi connectivity index (χ1) is 23.5. The lowest BCUT2D eigenvalue weighted by atomic mass is 9.34. The van der Waals surface area contributed by atoms with Crippen molar-refractivity contribution >= 4 is 11.9 Å². The summed E-state index contributed by atoms with van der Waals surface area (Å²) in [5.74, 6) is 0.541. The zero-order chi connectivity index (χ0) is 36.5. The number of nitrogens with zero attached hydrogens (tertiary/aromatic N) is 4. The number of hydrogen-bond acceptors (Lipinski definition) is 8. The topological polar surface area (TPSA) is 137 Å². The van der Waals surface area contributed by atoms with E-state index in [0.29, 0.717) is 43.5 Å². The van der Waals surface area contributed by atoms with Crippen LogP contribution >= 0.6 is 0 Å². The number of nitrogens with two attached hydrogens (primary N) is 1. The van der Waals surface area contributed by atoms with Crippen molar-refractivity contribution in [2.75, 3.05) is 32.1 Å². The molecule has 4 N–H and O–H groups in total. The highest BCUT2D eigenvalue weighted by Gasteiger charge is 2.72. The Bertz CT molecular complexity index is 1440. The van der Waals surface area contributed by atoms with Gasteiger partial charge in [-0.3, -0.25) is 4.79 Å². The molecule has 1 aromatic rings. The van der Waals surface area contributed by atoms with E-state index >= 15 is 0 Å². The molecule has 2 heterocycles. The van der Waals surface area contributed by atoms with Crippen molar-refractivity contribution in [3.8, 4) is 0 Å². The van der Waals surface area contributed by atoms with Gasteiger partial charge in [0.1, 0.15) is 6.04 Å². The number of hydrogen-bond donors (Lipinski definition) is 3. The molecule has 0 aromatic carbocycles. The highest BCUT2D eigenvalue weighted by Crippen LogP contribution is 2.75. The third-order valence-corrected chi connectivity index (χ3v) is 16.5. The number of nitrogens with one attached hydrogen (secondary N) is 1. The van der Waals surface area contributed by atoms with Gasteiger partial charge in [0.05, 0.1) is 31.8 Å². The minimum atomic E-state index is -0.623. The van der Waals surface area contributed by atoms with Gasteiger partial charge < -0.3 is 25.6 Å². The van der Waals surface area contributed by atoms with E-state index in [1.54, 1.807) is 4.80 Å². The van der Waals surface area contributed by atoms with E-state index in [9.17, 15) is 9.90 Å². The molecule has 282 valence electrons. The molecule has 0 radical (unpaired) electrons. The SMILES string of the molecule is CCCNC(CC)(CC)CO[C@H]1[C@H](n2nnc(N)n2)C[C@@]23COC[C@]1(C)[C@@H]2CC[C@H]1C3=CC[C@@]2(C)[C@H](C(=O)O)[C@@](C)([C@H](C)C(C)C)CC[C@]12C. The minimum absolute atomic E-state index is 0.109. The average molecular weight is 697 g/mol. The van der Waals surface area contributed by atoms with Gasteiger partial charge in [-0.2, -0.15) is 4.80 Å². The summed E-state index contributed by atoms with van der Waals surface area (Å²) in [4.78, 5) is 15.2. The molecule has 0 unspecified atom stereocenters. The Balaban J connectivity index is 1.42. The first-order valence-corrected chi connectivity index (χ1v) is 19.9. The van der Waals surface area contributed by atoms with Crippen molar-refractivity contribution in [3.05, 3.63) is 11.6 Å². The Morgan fingerprint density at radius 3 is 2.44 bits per heavy atom. The predicted molar refractivity (Wildman–Crippen MR) is 196 cm³/mol. The number of allylic oxidation sites excluding steroid dienone is 1. The highest BCUT2D eigenvalue weighted by molar-refractivity contribution is 5.73. The van der Waals surface area contributed by atoms with Crippen molar-refractivity contribution < 1.29 is 19.4 Å². The Morgan fingerprint density at radius 1 is 1.12 bits per heavy atom. The third kappa shape index (κ3) is 5.34. The number of nitrogen functional groups attached to an aromatic ring is 1. The van der Waals surface area contributed by atoms with Gasteiger partial charge in [-0.25, -0.2) is 0 Å². The summed E-state index contributed by atoms with van der Waals surface area (Å²) < 4.78 is 13.9. The van der Waals surface area contributed by atoms with Crippen LogP contribution in [-0.4, -0.2) is 69.3 Å². The van der Waals surface area contributed by atoms with Crippen LogP contribution in [0.5, 0.6) is 0 Å². The number of tetrazole rings is 1. The molecular weight excluding hydrogens is 628 g/mol. The number of fused-ring (bicyclic) bond motifs is 3. The van der Waals surface area contributed by atoms with Gasteiger partial charge in [-0.05, 0) is 109 Å². The quantitative estimate of drug-likeness (QED) is 0.192. The molecule has 11 atom stereocenters. The average Bonchev–Trinajstić information content (AvgIpc) is 3.51. The minimum Gasteiger partial charge on any atom is -0.481 e. The lowest BCUT2D eigenvalue weighted by Gasteiger charge is -2.71. The van der Waals surface area contributed by atoms with Crippen molar-refractivity contribution in [1.82, 2.24) is 25.5 Å². The molecule has 50 heavy (non-hydrogen) atoms. The molecule has 4 aliphatic carbocycles. The Morgan fingerprint density at radius 2 is 1.84 bits per heavy atom. The molecule has 10 heteroatoms. The lowest BCUT2D eigenvalue weighted by molar-refractivity contribution is -0.254. The maximum absolute atomic E-state index is 13.5. The molecule has 0 amide bonds. The molecular formula is C40H68N6O4. The summed E-state index contributed by atoms with van der Waals surface area (Å²) in [6.07, 6.45) is 11.0. The Labute approximate surface area is 301 Å². The molecule has 2 bridgehead atoms. The van der Waals surface area contributed by atoms with E-state index in [4.69, 9.17) is 15.2 Å². The van der Waals surface area contributed by atoms with Crippen LogP contribution in [0.2, 0.25) is 0 Å². The molecule has 10 nitrogen and oxygen atoms in total. The van der Waals surface area contributed by atoms with Crippen LogP contribution in [0.1, 0.15) is 133 Å². The summed E-state index contributed by atoms with van der Waals surface area (Å²) in [5, 5.41) is 28.2. The van der Waals surface area contributed by atoms with Crippen LogP contribution in [0.3, 0.4) is 0 Å². The fraction of sp³-hybridized carbons (Fsp3) is 0.900. The summed E-state index contributed by atoms with van der Waals surface area (Å²) in [7, 11) is 0. The number of carboxylic acids is 1. The highest BCUT2D eigenvalue weighted by atomic mass is 16.5. The van der Waals surface area contributed by atoms with Gasteiger partial charge in [0, 0.05) is 16.4 Å². The molecule has 1 aliphatic heterocycles. The molecule has 4 fully saturated rings. The molecule has 5 aliphatic rings. The molecule has 6 rings (SSSR count). The fourth-order valence-electron chi connectivity index (χ4n) is 12.9. The maximum Gasteiger partial charge on any atom is 0.307 e. The number of ether oxygens (including phenoxy) is 2. The lowest BCUT2D eigenvalue weighted by Crippen LogP contribution is -2.69. The predicted octanol–water partition coefficient (Wildman–Crippen LogP) is 7.33. The van der Waals surface area contributed by atoms with E-state index in [1.807, 2.05) is 0 Å². The first kappa shape index (κ1) is 37.7. The third-order valence-electron chi connectivity index (χ3n) is 16.5. The number of aliphatic carboxylic acids is 1. The van der Waals surface area contributed by atoms with E-state index in [-0.39, 0.29) is 50.7 Å². The van der Waals surface area contributed by atoms with Gasteiger partial charge >= 0.3 is 5.97 Å². The summed E-state index contributed by atoms with van der Waals surface area (Å²) >= 11 is 0. The molecule has 1 aromatic heterocycles. The second-order valence-corrected chi connectivity index (χ2v) is 18.7. The second kappa shape index (κ2) is 13.1. The van der Waals surface area contributed by atoms with Gasteiger partial charge in [0.2, 0.25) is 0 Å². The van der Waals surface area contributed by atoms with Crippen LogP contribution in [0, 0.1) is 56.7 Å².